The lowest BCUT2D eigenvalue weighted by atomic mass is 9.98. The molecule has 1 aromatic rings. The summed E-state index contributed by atoms with van der Waals surface area (Å²) < 4.78 is 1.57. The SMILES string of the molecule is CC[C@H](C)[C@@H](NC(=O)c1cc(Br)cc(Br)c1)C(N)=O. The fourth-order valence-corrected chi connectivity index (χ4v) is 2.93. The summed E-state index contributed by atoms with van der Waals surface area (Å²) in [5.41, 5.74) is 5.80. The quantitative estimate of drug-likeness (QED) is 0.809. The number of hydrogen-bond donors (Lipinski definition) is 2. The first-order valence-corrected chi connectivity index (χ1v) is 7.50. The predicted molar refractivity (Wildman–Crippen MR) is 81.7 cm³/mol. The van der Waals surface area contributed by atoms with E-state index in [2.05, 4.69) is 37.2 Å². The Morgan fingerprint density at radius 2 is 1.79 bits per heavy atom. The zero-order valence-electron chi connectivity index (χ0n) is 10.7. The fourth-order valence-electron chi connectivity index (χ4n) is 1.64. The summed E-state index contributed by atoms with van der Waals surface area (Å²) in [6, 6.07) is 4.55. The van der Waals surface area contributed by atoms with Crippen molar-refractivity contribution in [2.24, 2.45) is 11.7 Å². The molecule has 6 heteroatoms. The minimum absolute atomic E-state index is 0.00274. The molecule has 0 radical (unpaired) electrons. The fraction of sp³-hybridized carbons (Fsp3) is 0.385. The number of carbonyl (C=O) groups is 2. The lowest BCUT2D eigenvalue weighted by Crippen LogP contribution is -2.48. The normalized spacial score (nSPS) is 13.7. The van der Waals surface area contributed by atoms with Crippen molar-refractivity contribution in [1.29, 1.82) is 0 Å². The molecule has 0 spiro atoms. The van der Waals surface area contributed by atoms with E-state index in [0.29, 0.717) is 5.56 Å². The van der Waals surface area contributed by atoms with Gasteiger partial charge in [0.25, 0.3) is 5.91 Å². The van der Waals surface area contributed by atoms with Gasteiger partial charge < -0.3 is 11.1 Å². The second-order valence-electron chi connectivity index (χ2n) is 4.40. The molecule has 2 amide bonds. The van der Waals surface area contributed by atoms with Gasteiger partial charge in [-0.05, 0) is 24.1 Å². The van der Waals surface area contributed by atoms with E-state index < -0.39 is 11.9 Å². The summed E-state index contributed by atoms with van der Waals surface area (Å²) in [5.74, 6) is -0.833. The third-order valence-electron chi connectivity index (χ3n) is 2.93. The summed E-state index contributed by atoms with van der Waals surface area (Å²) in [4.78, 5) is 23.5. The average molecular weight is 392 g/mol. The Morgan fingerprint density at radius 3 is 2.21 bits per heavy atom. The standard InChI is InChI=1S/C13H16Br2N2O2/c1-3-7(2)11(12(16)18)17-13(19)8-4-9(14)6-10(15)5-8/h4-7,11H,3H2,1-2H3,(H2,16,18)(H,17,19)/t7-,11+/m0/s1. The van der Waals surface area contributed by atoms with Crippen LogP contribution in [0.2, 0.25) is 0 Å². The molecule has 0 unspecified atom stereocenters. The van der Waals surface area contributed by atoms with Crippen molar-refractivity contribution >= 4 is 43.7 Å². The Bertz CT molecular complexity index is 471. The molecule has 0 heterocycles. The number of hydrogen-bond acceptors (Lipinski definition) is 2. The van der Waals surface area contributed by atoms with Crippen molar-refractivity contribution < 1.29 is 9.59 Å². The van der Waals surface area contributed by atoms with Crippen LogP contribution in [0.1, 0.15) is 30.6 Å². The van der Waals surface area contributed by atoms with Crippen molar-refractivity contribution in [2.45, 2.75) is 26.3 Å². The van der Waals surface area contributed by atoms with Crippen molar-refractivity contribution in [2.75, 3.05) is 0 Å². The van der Waals surface area contributed by atoms with Gasteiger partial charge in [0.15, 0.2) is 0 Å². The van der Waals surface area contributed by atoms with Gasteiger partial charge in [-0.15, -0.1) is 0 Å². The smallest absolute Gasteiger partial charge is 0.252 e. The molecule has 0 saturated carbocycles. The molecule has 2 atom stereocenters. The van der Waals surface area contributed by atoms with Crippen molar-refractivity contribution in [3.63, 3.8) is 0 Å². The van der Waals surface area contributed by atoms with Crippen LogP contribution in [0.15, 0.2) is 27.1 Å². The van der Waals surface area contributed by atoms with Crippen LogP contribution in [0.25, 0.3) is 0 Å². The van der Waals surface area contributed by atoms with Gasteiger partial charge in [0, 0.05) is 14.5 Å². The van der Waals surface area contributed by atoms with E-state index >= 15 is 0 Å². The van der Waals surface area contributed by atoms with Crippen LogP contribution in [0.3, 0.4) is 0 Å². The number of rotatable bonds is 5. The van der Waals surface area contributed by atoms with E-state index in [1.165, 1.54) is 0 Å². The summed E-state index contributed by atoms with van der Waals surface area (Å²) >= 11 is 6.63. The van der Waals surface area contributed by atoms with Crippen molar-refractivity contribution in [3.05, 3.63) is 32.7 Å². The zero-order chi connectivity index (χ0) is 14.6. The van der Waals surface area contributed by atoms with E-state index in [0.717, 1.165) is 15.4 Å². The molecule has 0 aliphatic heterocycles. The number of amides is 2. The molecule has 19 heavy (non-hydrogen) atoms. The van der Waals surface area contributed by atoms with Gasteiger partial charge in [-0.2, -0.15) is 0 Å². The van der Waals surface area contributed by atoms with Crippen LogP contribution >= 0.6 is 31.9 Å². The summed E-state index contributed by atoms with van der Waals surface area (Å²) in [5, 5.41) is 2.68. The van der Waals surface area contributed by atoms with Crippen LogP contribution in [0, 0.1) is 5.92 Å². The summed E-state index contributed by atoms with van der Waals surface area (Å²) in [7, 11) is 0. The molecule has 1 rings (SSSR count). The van der Waals surface area contributed by atoms with Gasteiger partial charge in [-0.3, -0.25) is 9.59 Å². The molecule has 104 valence electrons. The van der Waals surface area contributed by atoms with Crippen LogP contribution in [0.5, 0.6) is 0 Å². The Morgan fingerprint density at radius 1 is 1.26 bits per heavy atom. The van der Waals surface area contributed by atoms with Crippen molar-refractivity contribution in [3.8, 4) is 0 Å². The summed E-state index contributed by atoms with van der Waals surface area (Å²) in [6.07, 6.45) is 0.760. The third-order valence-corrected chi connectivity index (χ3v) is 3.85. The molecule has 0 bridgehead atoms. The maximum atomic E-state index is 12.1. The lowest BCUT2D eigenvalue weighted by molar-refractivity contribution is -0.120. The van der Waals surface area contributed by atoms with Crippen LogP contribution in [0.4, 0.5) is 0 Å². The molecule has 1 aromatic carbocycles. The van der Waals surface area contributed by atoms with Gasteiger partial charge in [-0.25, -0.2) is 0 Å². The molecule has 0 aliphatic carbocycles. The number of primary amides is 1. The van der Waals surface area contributed by atoms with Crippen molar-refractivity contribution in [1.82, 2.24) is 5.32 Å². The van der Waals surface area contributed by atoms with E-state index in [4.69, 9.17) is 5.73 Å². The topological polar surface area (TPSA) is 72.2 Å². The number of halogens is 2. The number of benzene rings is 1. The van der Waals surface area contributed by atoms with Crippen LogP contribution in [-0.2, 0) is 4.79 Å². The molecule has 0 fully saturated rings. The molecule has 0 aliphatic rings. The first-order valence-electron chi connectivity index (χ1n) is 5.91. The Labute approximate surface area is 129 Å². The predicted octanol–water partition coefficient (Wildman–Crippen LogP) is 2.84. The minimum atomic E-state index is -0.657. The van der Waals surface area contributed by atoms with Gasteiger partial charge in [-0.1, -0.05) is 52.1 Å². The highest BCUT2D eigenvalue weighted by atomic mass is 79.9. The number of nitrogens with two attached hydrogens (primary N) is 1. The molecule has 4 nitrogen and oxygen atoms in total. The highest BCUT2D eigenvalue weighted by Gasteiger charge is 2.24. The van der Waals surface area contributed by atoms with E-state index in [-0.39, 0.29) is 11.8 Å². The molecule has 0 aromatic heterocycles. The Hall–Kier alpha value is -0.880. The maximum Gasteiger partial charge on any atom is 0.252 e. The van der Waals surface area contributed by atoms with E-state index in [1.807, 2.05) is 19.9 Å². The second kappa shape index (κ2) is 7.05. The monoisotopic (exact) mass is 390 g/mol. The Kier molecular flexibility index (Phi) is 6.00. The van der Waals surface area contributed by atoms with Gasteiger partial charge in [0.2, 0.25) is 5.91 Å². The first kappa shape index (κ1) is 16.2. The van der Waals surface area contributed by atoms with Crippen LogP contribution in [-0.4, -0.2) is 17.9 Å². The third kappa shape index (κ3) is 4.62. The second-order valence-corrected chi connectivity index (χ2v) is 6.23. The minimum Gasteiger partial charge on any atom is -0.368 e. The number of carbonyl (C=O) groups excluding carboxylic acids is 2. The number of nitrogens with one attached hydrogen (secondary N) is 1. The first-order chi connectivity index (χ1) is 8.85. The van der Waals surface area contributed by atoms with Gasteiger partial charge >= 0.3 is 0 Å². The van der Waals surface area contributed by atoms with Crippen LogP contribution < -0.4 is 11.1 Å². The van der Waals surface area contributed by atoms with E-state index in [9.17, 15) is 9.59 Å². The Balaban J connectivity index is 2.90. The largest absolute Gasteiger partial charge is 0.368 e. The average Bonchev–Trinajstić information content (AvgIpc) is 2.33. The maximum absolute atomic E-state index is 12.1. The highest BCUT2D eigenvalue weighted by Crippen LogP contribution is 2.20. The highest BCUT2D eigenvalue weighted by molar-refractivity contribution is 9.11. The van der Waals surface area contributed by atoms with Gasteiger partial charge in [0.1, 0.15) is 6.04 Å². The zero-order valence-corrected chi connectivity index (χ0v) is 13.9. The molecule has 3 N–H and O–H groups in total. The molecular formula is C13H16Br2N2O2. The lowest BCUT2D eigenvalue weighted by Gasteiger charge is -2.21. The van der Waals surface area contributed by atoms with E-state index in [1.54, 1.807) is 12.1 Å². The molecule has 0 saturated heterocycles. The van der Waals surface area contributed by atoms with Gasteiger partial charge in [0.05, 0.1) is 0 Å². The summed E-state index contributed by atoms with van der Waals surface area (Å²) in [6.45, 7) is 3.83. The molecular weight excluding hydrogens is 376 g/mol.